The number of carbonyl (C=O) groups excluding carboxylic acids is 1. The fourth-order valence-electron chi connectivity index (χ4n) is 1.72. The molecule has 0 saturated carbocycles. The first kappa shape index (κ1) is 13.7. The van der Waals surface area contributed by atoms with Crippen LogP contribution in [0.3, 0.4) is 0 Å². The van der Waals surface area contributed by atoms with E-state index < -0.39 is 0 Å². The highest BCUT2D eigenvalue weighted by atomic mass is 16.5. The molecule has 0 aliphatic heterocycles. The van der Waals surface area contributed by atoms with Gasteiger partial charge in [-0.1, -0.05) is 32.6 Å². The van der Waals surface area contributed by atoms with Crippen molar-refractivity contribution in [3.63, 3.8) is 0 Å². The molecule has 0 saturated heterocycles. The van der Waals surface area contributed by atoms with Crippen LogP contribution in [0, 0.1) is 0 Å². The molecule has 1 rings (SSSR count). The molecular formula is C14H21NO2. The van der Waals surface area contributed by atoms with E-state index in [0.717, 1.165) is 12.8 Å². The molecule has 3 nitrogen and oxygen atoms in total. The van der Waals surface area contributed by atoms with Crippen molar-refractivity contribution in [3.8, 4) is 5.75 Å². The Hall–Kier alpha value is -1.38. The van der Waals surface area contributed by atoms with Crippen LogP contribution in [-0.2, 0) is 0 Å². The molecule has 1 aromatic heterocycles. The van der Waals surface area contributed by atoms with Gasteiger partial charge in [-0.2, -0.15) is 0 Å². The lowest BCUT2D eigenvalue weighted by atomic mass is 10.1. The second-order valence-electron chi connectivity index (χ2n) is 4.20. The van der Waals surface area contributed by atoms with Gasteiger partial charge in [-0.15, -0.1) is 0 Å². The van der Waals surface area contributed by atoms with Crippen molar-refractivity contribution in [2.45, 2.75) is 45.4 Å². The summed E-state index contributed by atoms with van der Waals surface area (Å²) in [6, 6.07) is 1.75. The van der Waals surface area contributed by atoms with Gasteiger partial charge < -0.3 is 4.74 Å². The first-order valence-electron chi connectivity index (χ1n) is 6.30. The summed E-state index contributed by atoms with van der Waals surface area (Å²) in [4.78, 5) is 15.8. The molecule has 0 spiro atoms. The Kier molecular flexibility index (Phi) is 6.30. The van der Waals surface area contributed by atoms with Crippen molar-refractivity contribution in [1.82, 2.24) is 4.98 Å². The quantitative estimate of drug-likeness (QED) is 0.510. The minimum absolute atomic E-state index is 0.160. The molecule has 0 aliphatic carbocycles. The molecule has 17 heavy (non-hydrogen) atoms. The Morgan fingerprint density at radius 1 is 1.24 bits per heavy atom. The fourth-order valence-corrected chi connectivity index (χ4v) is 1.72. The maximum absolute atomic E-state index is 11.8. The van der Waals surface area contributed by atoms with Gasteiger partial charge in [0.15, 0.2) is 5.78 Å². The van der Waals surface area contributed by atoms with Crippen LogP contribution in [0.25, 0.3) is 0 Å². The van der Waals surface area contributed by atoms with E-state index in [0.29, 0.717) is 17.7 Å². The van der Waals surface area contributed by atoms with Crippen LogP contribution in [0.5, 0.6) is 5.75 Å². The number of unbranched alkanes of at least 4 members (excludes halogenated alkanes) is 4. The predicted molar refractivity (Wildman–Crippen MR) is 68.5 cm³/mol. The summed E-state index contributed by atoms with van der Waals surface area (Å²) in [7, 11) is 1.58. The molecule has 1 aromatic rings. The average Bonchev–Trinajstić information content (AvgIpc) is 2.38. The Balaban J connectivity index is 2.36. The summed E-state index contributed by atoms with van der Waals surface area (Å²) < 4.78 is 5.05. The van der Waals surface area contributed by atoms with Crippen molar-refractivity contribution in [2.75, 3.05) is 7.11 Å². The number of rotatable bonds is 8. The second kappa shape index (κ2) is 7.82. The number of methoxy groups -OCH3 is 1. The highest BCUT2D eigenvalue weighted by molar-refractivity contribution is 5.96. The summed E-state index contributed by atoms with van der Waals surface area (Å²) in [6.45, 7) is 2.19. The highest BCUT2D eigenvalue weighted by Crippen LogP contribution is 2.14. The summed E-state index contributed by atoms with van der Waals surface area (Å²) in [5.41, 5.74) is 0.653. The van der Waals surface area contributed by atoms with E-state index in [9.17, 15) is 4.79 Å². The lowest BCUT2D eigenvalue weighted by Gasteiger charge is -2.03. The normalized spacial score (nSPS) is 10.2. The number of carbonyl (C=O) groups is 1. The lowest BCUT2D eigenvalue weighted by Crippen LogP contribution is -2.00. The molecule has 0 aromatic carbocycles. The molecule has 1 heterocycles. The molecule has 0 aliphatic rings. The van der Waals surface area contributed by atoms with Crippen LogP contribution in [-0.4, -0.2) is 17.9 Å². The number of Topliss-reactive ketones (excluding diaryl/α,β-unsaturated/α-hetero) is 1. The molecule has 0 bridgehead atoms. The van der Waals surface area contributed by atoms with Gasteiger partial charge in [0.2, 0.25) is 0 Å². The SMILES string of the molecule is CCCCCCCC(=O)c1cncc(OC)c1. The molecule has 94 valence electrons. The van der Waals surface area contributed by atoms with Crippen LogP contribution < -0.4 is 4.74 Å². The summed E-state index contributed by atoms with van der Waals surface area (Å²) >= 11 is 0. The zero-order valence-corrected chi connectivity index (χ0v) is 10.7. The van der Waals surface area contributed by atoms with Crippen LogP contribution in [0.2, 0.25) is 0 Å². The number of nitrogens with zero attached hydrogens (tertiary/aromatic N) is 1. The van der Waals surface area contributed by atoms with E-state index in [1.54, 1.807) is 25.6 Å². The Labute approximate surface area is 103 Å². The molecular weight excluding hydrogens is 214 g/mol. The third kappa shape index (κ3) is 4.98. The number of ether oxygens (including phenoxy) is 1. The molecule has 0 atom stereocenters. The highest BCUT2D eigenvalue weighted by Gasteiger charge is 2.06. The summed E-state index contributed by atoms with van der Waals surface area (Å²) in [5.74, 6) is 0.801. The van der Waals surface area contributed by atoms with Crippen molar-refractivity contribution >= 4 is 5.78 Å². The maximum Gasteiger partial charge on any atom is 0.164 e. The number of pyridine rings is 1. The molecule has 0 amide bonds. The van der Waals surface area contributed by atoms with E-state index in [1.807, 2.05) is 0 Å². The third-order valence-electron chi connectivity index (χ3n) is 2.78. The molecule has 0 N–H and O–H groups in total. The lowest BCUT2D eigenvalue weighted by molar-refractivity contribution is 0.0978. The van der Waals surface area contributed by atoms with Gasteiger partial charge in [0, 0.05) is 18.2 Å². The Morgan fingerprint density at radius 2 is 2.00 bits per heavy atom. The third-order valence-corrected chi connectivity index (χ3v) is 2.78. The monoisotopic (exact) mass is 235 g/mol. The van der Waals surface area contributed by atoms with E-state index in [4.69, 9.17) is 4.74 Å². The van der Waals surface area contributed by atoms with Gasteiger partial charge in [0.05, 0.1) is 13.3 Å². The van der Waals surface area contributed by atoms with E-state index in [2.05, 4.69) is 11.9 Å². The number of hydrogen-bond acceptors (Lipinski definition) is 3. The van der Waals surface area contributed by atoms with Crippen LogP contribution in [0.1, 0.15) is 55.8 Å². The van der Waals surface area contributed by atoms with E-state index in [-0.39, 0.29) is 5.78 Å². The van der Waals surface area contributed by atoms with Gasteiger partial charge in [-0.05, 0) is 12.5 Å². The van der Waals surface area contributed by atoms with Gasteiger partial charge in [-0.3, -0.25) is 9.78 Å². The van der Waals surface area contributed by atoms with E-state index >= 15 is 0 Å². The van der Waals surface area contributed by atoms with Crippen molar-refractivity contribution in [3.05, 3.63) is 24.0 Å². The van der Waals surface area contributed by atoms with Crippen molar-refractivity contribution < 1.29 is 9.53 Å². The molecule has 0 fully saturated rings. The maximum atomic E-state index is 11.8. The first-order chi connectivity index (χ1) is 8.27. The zero-order valence-electron chi connectivity index (χ0n) is 10.7. The molecule has 0 radical (unpaired) electrons. The number of ketones is 1. The fraction of sp³-hybridized carbons (Fsp3) is 0.571. The van der Waals surface area contributed by atoms with Crippen LogP contribution in [0.15, 0.2) is 18.5 Å². The van der Waals surface area contributed by atoms with Gasteiger partial charge in [0.25, 0.3) is 0 Å². The predicted octanol–water partition coefficient (Wildman–Crippen LogP) is 3.63. The standard InChI is InChI=1S/C14H21NO2/c1-3-4-5-6-7-8-14(16)12-9-13(17-2)11-15-10-12/h9-11H,3-8H2,1-2H3. The zero-order chi connectivity index (χ0) is 12.5. The molecule has 0 unspecified atom stereocenters. The molecule has 3 heteroatoms. The number of aromatic nitrogens is 1. The van der Waals surface area contributed by atoms with Crippen LogP contribution >= 0.6 is 0 Å². The van der Waals surface area contributed by atoms with Crippen LogP contribution in [0.4, 0.5) is 0 Å². The van der Waals surface area contributed by atoms with Crippen molar-refractivity contribution in [1.29, 1.82) is 0 Å². The van der Waals surface area contributed by atoms with E-state index in [1.165, 1.54) is 19.3 Å². The average molecular weight is 235 g/mol. The van der Waals surface area contributed by atoms with Crippen molar-refractivity contribution in [2.24, 2.45) is 0 Å². The minimum Gasteiger partial charge on any atom is -0.495 e. The first-order valence-corrected chi connectivity index (χ1v) is 6.30. The Bertz CT molecular complexity index is 350. The Morgan fingerprint density at radius 3 is 2.71 bits per heavy atom. The summed E-state index contributed by atoms with van der Waals surface area (Å²) in [6.07, 6.45) is 9.64. The van der Waals surface area contributed by atoms with Gasteiger partial charge in [-0.25, -0.2) is 0 Å². The van der Waals surface area contributed by atoms with Gasteiger partial charge in [0.1, 0.15) is 5.75 Å². The smallest absolute Gasteiger partial charge is 0.164 e. The van der Waals surface area contributed by atoms with Gasteiger partial charge >= 0.3 is 0 Å². The minimum atomic E-state index is 0.160. The largest absolute Gasteiger partial charge is 0.495 e. The second-order valence-corrected chi connectivity index (χ2v) is 4.20. The summed E-state index contributed by atoms with van der Waals surface area (Å²) in [5, 5.41) is 0. The number of hydrogen-bond donors (Lipinski definition) is 0. The topological polar surface area (TPSA) is 39.2 Å².